The topological polar surface area (TPSA) is 99.1 Å². The lowest BCUT2D eigenvalue weighted by molar-refractivity contribution is -0.208. The molecule has 2 atom stereocenters. The third-order valence-corrected chi connectivity index (χ3v) is 5.94. The van der Waals surface area contributed by atoms with Crippen molar-refractivity contribution in [3.63, 3.8) is 0 Å². The second-order valence-electron chi connectivity index (χ2n) is 8.24. The van der Waals surface area contributed by atoms with Crippen LogP contribution in [0.25, 0.3) is 0 Å². The summed E-state index contributed by atoms with van der Waals surface area (Å²) in [5.74, 6) is -0.194. The average Bonchev–Trinajstić information content (AvgIpc) is 2.68. The average molecular weight is 446 g/mol. The molecule has 3 rings (SSSR count). The lowest BCUT2D eigenvalue weighted by Crippen LogP contribution is -2.69. The first-order chi connectivity index (χ1) is 14.5. The molecule has 1 spiro atoms. The first-order valence-corrected chi connectivity index (χ1v) is 10.0. The number of amides is 1. The zero-order valence-electron chi connectivity index (χ0n) is 17.6. The fourth-order valence-corrected chi connectivity index (χ4v) is 4.41. The van der Waals surface area contributed by atoms with Gasteiger partial charge in [-0.25, -0.2) is 0 Å². The van der Waals surface area contributed by atoms with E-state index in [1.54, 1.807) is 6.07 Å². The Morgan fingerprint density at radius 1 is 1.32 bits per heavy atom. The number of benzene rings is 1. The minimum Gasteiger partial charge on any atom is -0.483 e. The lowest BCUT2D eigenvalue weighted by Gasteiger charge is -2.53. The Labute approximate surface area is 179 Å². The Morgan fingerprint density at radius 2 is 1.94 bits per heavy atom. The number of carbonyl (C=O) groups is 2. The molecular formula is C21H29F3N2O5. The van der Waals surface area contributed by atoms with Gasteiger partial charge in [-0.3, -0.25) is 14.5 Å². The van der Waals surface area contributed by atoms with Gasteiger partial charge < -0.3 is 20.3 Å². The van der Waals surface area contributed by atoms with E-state index >= 15 is 0 Å². The molecule has 0 bridgehead atoms. The summed E-state index contributed by atoms with van der Waals surface area (Å²) in [6, 6.07) is 5.38. The number of piperidine rings is 1. The van der Waals surface area contributed by atoms with Crippen molar-refractivity contribution in [2.45, 2.75) is 63.1 Å². The van der Waals surface area contributed by atoms with Gasteiger partial charge in [0, 0.05) is 33.2 Å². The SMILES string of the molecule is CC(=O)N[C@@]1(C)CCOC2(CCN(Cc3cccc(C(F)(F)F)c3)CC2)[C@@H]1O.O=CO. The number of hydrogen-bond acceptors (Lipinski definition) is 5. The first-order valence-electron chi connectivity index (χ1n) is 10.0. The van der Waals surface area contributed by atoms with E-state index in [0.29, 0.717) is 51.1 Å². The van der Waals surface area contributed by atoms with Crippen LogP contribution in [0.1, 0.15) is 44.2 Å². The maximum Gasteiger partial charge on any atom is 0.416 e. The van der Waals surface area contributed by atoms with Crippen LogP contribution in [-0.2, 0) is 27.0 Å². The number of halogens is 3. The highest BCUT2D eigenvalue weighted by atomic mass is 19.4. The van der Waals surface area contributed by atoms with Gasteiger partial charge >= 0.3 is 6.18 Å². The molecule has 7 nitrogen and oxygen atoms in total. The largest absolute Gasteiger partial charge is 0.483 e. The number of ether oxygens (including phenoxy) is 1. The van der Waals surface area contributed by atoms with E-state index < -0.39 is 29.0 Å². The number of aliphatic hydroxyl groups excluding tert-OH is 1. The molecule has 2 saturated heterocycles. The fourth-order valence-electron chi connectivity index (χ4n) is 4.41. The van der Waals surface area contributed by atoms with E-state index in [-0.39, 0.29) is 12.4 Å². The Balaban J connectivity index is 0.00000107. The number of carboxylic acid groups (broad SMARTS) is 1. The number of carbonyl (C=O) groups excluding carboxylic acids is 1. The van der Waals surface area contributed by atoms with Crippen molar-refractivity contribution >= 4 is 12.4 Å². The smallest absolute Gasteiger partial charge is 0.416 e. The van der Waals surface area contributed by atoms with Gasteiger partial charge in [-0.2, -0.15) is 13.2 Å². The van der Waals surface area contributed by atoms with Crippen LogP contribution in [0.15, 0.2) is 24.3 Å². The predicted molar refractivity (Wildman–Crippen MR) is 106 cm³/mol. The molecule has 2 aliphatic heterocycles. The normalized spacial score (nSPS) is 25.9. The fraction of sp³-hybridized carbons (Fsp3) is 0.619. The van der Waals surface area contributed by atoms with Crippen molar-refractivity contribution in [3.8, 4) is 0 Å². The van der Waals surface area contributed by atoms with Crippen LogP contribution in [0.2, 0.25) is 0 Å². The van der Waals surface area contributed by atoms with Crippen LogP contribution < -0.4 is 5.32 Å². The number of likely N-dealkylation sites (tertiary alicyclic amines) is 1. The number of nitrogens with one attached hydrogen (secondary N) is 1. The lowest BCUT2D eigenvalue weighted by atomic mass is 9.73. The summed E-state index contributed by atoms with van der Waals surface area (Å²) < 4.78 is 44.7. The monoisotopic (exact) mass is 446 g/mol. The van der Waals surface area contributed by atoms with Gasteiger partial charge in [0.1, 0.15) is 6.10 Å². The van der Waals surface area contributed by atoms with E-state index in [4.69, 9.17) is 14.6 Å². The molecule has 2 aliphatic rings. The van der Waals surface area contributed by atoms with Gasteiger partial charge in [-0.05, 0) is 37.8 Å². The summed E-state index contributed by atoms with van der Waals surface area (Å²) >= 11 is 0. The Morgan fingerprint density at radius 3 is 2.48 bits per heavy atom. The number of rotatable bonds is 3. The number of hydrogen-bond donors (Lipinski definition) is 3. The zero-order valence-corrected chi connectivity index (χ0v) is 17.6. The minimum absolute atomic E-state index is 0.194. The molecule has 0 radical (unpaired) electrons. The first kappa shape index (κ1) is 25.1. The molecule has 2 fully saturated rings. The molecule has 10 heteroatoms. The van der Waals surface area contributed by atoms with Gasteiger partial charge in [-0.15, -0.1) is 0 Å². The molecule has 1 aromatic rings. The van der Waals surface area contributed by atoms with E-state index in [2.05, 4.69) is 10.2 Å². The maximum atomic E-state index is 12.9. The second kappa shape index (κ2) is 9.97. The van der Waals surface area contributed by atoms with Gasteiger partial charge in [0.05, 0.1) is 16.7 Å². The van der Waals surface area contributed by atoms with E-state index in [1.165, 1.54) is 19.1 Å². The second-order valence-corrected chi connectivity index (χ2v) is 8.24. The molecule has 3 N–H and O–H groups in total. The van der Waals surface area contributed by atoms with Crippen LogP contribution in [0, 0.1) is 0 Å². The van der Waals surface area contributed by atoms with Crippen molar-refractivity contribution in [1.29, 1.82) is 0 Å². The van der Waals surface area contributed by atoms with Crippen LogP contribution in [-0.4, -0.2) is 64.4 Å². The van der Waals surface area contributed by atoms with Crippen molar-refractivity contribution < 1.29 is 37.7 Å². The van der Waals surface area contributed by atoms with Gasteiger partial charge in [0.25, 0.3) is 6.47 Å². The third kappa shape index (κ3) is 6.18. The molecule has 0 saturated carbocycles. The summed E-state index contributed by atoms with van der Waals surface area (Å²) in [4.78, 5) is 22.0. The van der Waals surface area contributed by atoms with Crippen LogP contribution in [0.3, 0.4) is 0 Å². The van der Waals surface area contributed by atoms with E-state index in [9.17, 15) is 23.1 Å². The van der Waals surface area contributed by atoms with E-state index in [1.807, 2.05) is 6.92 Å². The van der Waals surface area contributed by atoms with Crippen molar-refractivity contribution in [2.24, 2.45) is 0 Å². The number of aliphatic hydroxyl groups is 1. The molecule has 1 aromatic carbocycles. The molecule has 0 unspecified atom stereocenters. The summed E-state index contributed by atoms with van der Waals surface area (Å²) in [5, 5.41) is 20.7. The van der Waals surface area contributed by atoms with Crippen LogP contribution in [0.5, 0.6) is 0 Å². The Hall–Kier alpha value is -2.17. The maximum absolute atomic E-state index is 12.9. The highest BCUT2D eigenvalue weighted by molar-refractivity contribution is 5.74. The molecule has 2 heterocycles. The van der Waals surface area contributed by atoms with E-state index in [0.717, 1.165) is 6.07 Å². The number of alkyl halides is 3. The summed E-state index contributed by atoms with van der Waals surface area (Å²) in [7, 11) is 0. The van der Waals surface area contributed by atoms with Crippen LogP contribution >= 0.6 is 0 Å². The number of nitrogens with zero attached hydrogens (tertiary/aromatic N) is 1. The highest BCUT2D eigenvalue weighted by Gasteiger charge is 2.53. The Bertz CT molecular complexity index is 766. The van der Waals surface area contributed by atoms with Crippen molar-refractivity contribution in [1.82, 2.24) is 10.2 Å². The molecule has 1 amide bonds. The minimum atomic E-state index is -4.35. The summed E-state index contributed by atoms with van der Waals surface area (Å²) in [5.41, 5.74) is -1.51. The third-order valence-electron chi connectivity index (χ3n) is 5.94. The molecule has 0 aliphatic carbocycles. The molecule has 174 valence electrons. The molecule has 0 aromatic heterocycles. The summed E-state index contributed by atoms with van der Waals surface area (Å²) in [6.07, 6.45) is -3.54. The standard InChI is InChI=1S/C20H27F3N2O3.CH2O2/c1-14(26)24-18(2)8-11-28-19(17(18)27)6-9-25(10-7-19)13-15-4-3-5-16(12-15)20(21,22)23;2-1-3/h3-5,12,17,27H,6-11,13H2,1-2H3,(H,24,26);1H,(H,2,3)/t17-,18+;/m1./s1. The quantitative estimate of drug-likeness (QED) is 0.617. The van der Waals surface area contributed by atoms with Gasteiger partial charge in [-0.1, -0.05) is 18.2 Å². The molecular weight excluding hydrogens is 417 g/mol. The van der Waals surface area contributed by atoms with Crippen molar-refractivity contribution in [3.05, 3.63) is 35.4 Å². The van der Waals surface area contributed by atoms with Crippen LogP contribution in [0.4, 0.5) is 13.2 Å². The Kier molecular flexibility index (Phi) is 8.07. The van der Waals surface area contributed by atoms with Gasteiger partial charge in [0.15, 0.2) is 0 Å². The summed E-state index contributed by atoms with van der Waals surface area (Å²) in [6.45, 7) is 5.07. The molecule has 31 heavy (non-hydrogen) atoms. The van der Waals surface area contributed by atoms with Gasteiger partial charge in [0.2, 0.25) is 5.91 Å². The van der Waals surface area contributed by atoms with Crippen molar-refractivity contribution in [2.75, 3.05) is 19.7 Å². The predicted octanol–water partition coefficient (Wildman–Crippen LogP) is 2.42. The zero-order chi connectivity index (χ0) is 23.3. The highest BCUT2D eigenvalue weighted by Crippen LogP contribution is 2.40.